The molecule has 9 heteroatoms. The highest BCUT2D eigenvalue weighted by Gasteiger charge is 2.31. The second-order valence-electron chi connectivity index (χ2n) is 9.84. The van der Waals surface area contributed by atoms with E-state index in [-0.39, 0.29) is 6.04 Å². The number of pyridine rings is 1. The fourth-order valence-electron chi connectivity index (χ4n) is 5.83. The molecule has 0 N–H and O–H groups in total. The Labute approximate surface area is 215 Å². The number of hydrogen-bond donors (Lipinski definition) is 0. The van der Waals surface area contributed by atoms with Crippen LogP contribution in [0.15, 0.2) is 65.7 Å². The quantitative estimate of drug-likeness (QED) is 0.337. The molecular formula is C28H29N5O3S. The van der Waals surface area contributed by atoms with Gasteiger partial charge in [-0.2, -0.15) is 0 Å². The predicted octanol–water partition coefficient (Wildman–Crippen LogP) is 4.71. The van der Waals surface area contributed by atoms with E-state index in [1.54, 1.807) is 16.9 Å². The number of ether oxygens (including phenoxy) is 1. The normalized spacial score (nSPS) is 16.0. The summed E-state index contributed by atoms with van der Waals surface area (Å²) in [5.74, 6) is 0.320. The minimum Gasteiger partial charge on any atom is -0.381 e. The molecule has 0 bridgehead atoms. The van der Waals surface area contributed by atoms with Gasteiger partial charge in [0.2, 0.25) is 0 Å². The standard InChI is InChI=1S/C28H29N5O3S/c1-18-27(32(2)31-30-18)21-16-23-26(29-17-21)25-22(10-7-11-24(25)37(3,34)35)33(23)28(19-8-5-4-6-9-19)20-12-14-36-15-13-20/h4-11,16-17,20,28H,12-15H2,1-3H3. The molecule has 1 saturated heterocycles. The zero-order valence-electron chi connectivity index (χ0n) is 21.1. The Kier molecular flexibility index (Phi) is 5.84. The van der Waals surface area contributed by atoms with E-state index in [9.17, 15) is 8.42 Å². The lowest BCUT2D eigenvalue weighted by molar-refractivity contribution is 0.0553. The van der Waals surface area contributed by atoms with Crippen molar-refractivity contribution in [3.63, 3.8) is 0 Å². The van der Waals surface area contributed by atoms with E-state index in [1.807, 2.05) is 32.2 Å². The molecular weight excluding hydrogens is 486 g/mol. The van der Waals surface area contributed by atoms with Gasteiger partial charge in [-0.25, -0.2) is 13.1 Å². The molecule has 5 aromatic rings. The zero-order valence-corrected chi connectivity index (χ0v) is 21.9. The third kappa shape index (κ3) is 4.02. The molecule has 1 aliphatic heterocycles. The van der Waals surface area contributed by atoms with E-state index in [0.717, 1.165) is 40.8 Å². The smallest absolute Gasteiger partial charge is 0.176 e. The average molecular weight is 516 g/mol. The monoisotopic (exact) mass is 515 g/mol. The van der Waals surface area contributed by atoms with E-state index in [1.165, 1.54) is 11.8 Å². The Balaban J connectivity index is 1.73. The largest absolute Gasteiger partial charge is 0.381 e. The molecule has 1 fully saturated rings. The summed E-state index contributed by atoms with van der Waals surface area (Å²) >= 11 is 0. The number of aromatic nitrogens is 5. The molecule has 1 unspecified atom stereocenters. The molecule has 1 atom stereocenters. The van der Waals surface area contributed by atoms with Crippen molar-refractivity contribution in [2.24, 2.45) is 13.0 Å². The number of fused-ring (bicyclic) bond motifs is 3. The van der Waals surface area contributed by atoms with Crippen molar-refractivity contribution in [2.45, 2.75) is 30.7 Å². The maximum Gasteiger partial charge on any atom is 0.176 e. The summed E-state index contributed by atoms with van der Waals surface area (Å²) in [6, 6.07) is 18.1. The van der Waals surface area contributed by atoms with Gasteiger partial charge in [-0.05, 0) is 49.4 Å². The molecule has 0 radical (unpaired) electrons. The van der Waals surface area contributed by atoms with Crippen LogP contribution >= 0.6 is 0 Å². The lowest BCUT2D eigenvalue weighted by Crippen LogP contribution is -2.26. The molecule has 1 aliphatic rings. The molecule has 8 nitrogen and oxygen atoms in total. The summed E-state index contributed by atoms with van der Waals surface area (Å²) < 4.78 is 35.6. The minimum atomic E-state index is -3.49. The number of hydrogen-bond acceptors (Lipinski definition) is 6. The molecule has 2 aromatic carbocycles. The van der Waals surface area contributed by atoms with Crippen LogP contribution in [0.4, 0.5) is 0 Å². The lowest BCUT2D eigenvalue weighted by Gasteiger charge is -2.33. The highest BCUT2D eigenvalue weighted by Crippen LogP contribution is 2.42. The predicted molar refractivity (Wildman–Crippen MR) is 143 cm³/mol. The second-order valence-corrected chi connectivity index (χ2v) is 11.8. The van der Waals surface area contributed by atoms with E-state index < -0.39 is 9.84 Å². The Morgan fingerprint density at radius 3 is 2.46 bits per heavy atom. The summed E-state index contributed by atoms with van der Waals surface area (Å²) in [6.45, 7) is 3.35. The minimum absolute atomic E-state index is 0.0114. The van der Waals surface area contributed by atoms with Gasteiger partial charge in [0, 0.05) is 43.7 Å². The first kappa shape index (κ1) is 23.8. The first-order valence-corrected chi connectivity index (χ1v) is 14.4. The molecule has 3 aromatic heterocycles. The molecule has 0 amide bonds. The summed E-state index contributed by atoms with van der Waals surface area (Å²) in [7, 11) is -1.62. The van der Waals surface area contributed by atoms with Crippen LogP contribution in [0.5, 0.6) is 0 Å². The number of benzene rings is 2. The van der Waals surface area contributed by atoms with Crippen LogP contribution in [0.1, 0.15) is 30.1 Å². The van der Waals surface area contributed by atoms with Gasteiger partial charge in [-0.1, -0.05) is 41.6 Å². The van der Waals surface area contributed by atoms with E-state index in [0.29, 0.717) is 34.9 Å². The number of rotatable bonds is 5. The fourth-order valence-corrected chi connectivity index (χ4v) is 6.72. The van der Waals surface area contributed by atoms with Crippen molar-refractivity contribution in [2.75, 3.05) is 19.5 Å². The van der Waals surface area contributed by atoms with Gasteiger partial charge in [0.05, 0.1) is 38.9 Å². The van der Waals surface area contributed by atoms with Crippen molar-refractivity contribution >= 4 is 31.8 Å². The van der Waals surface area contributed by atoms with Gasteiger partial charge in [0.25, 0.3) is 0 Å². The number of nitrogens with zero attached hydrogens (tertiary/aromatic N) is 5. The van der Waals surface area contributed by atoms with Gasteiger partial charge in [0.15, 0.2) is 9.84 Å². The van der Waals surface area contributed by atoms with E-state index in [4.69, 9.17) is 9.72 Å². The molecule has 0 spiro atoms. The first-order chi connectivity index (χ1) is 17.8. The Morgan fingerprint density at radius 2 is 1.78 bits per heavy atom. The third-order valence-electron chi connectivity index (χ3n) is 7.43. The van der Waals surface area contributed by atoms with Gasteiger partial charge >= 0.3 is 0 Å². The summed E-state index contributed by atoms with van der Waals surface area (Å²) in [5.41, 5.74) is 6.21. The van der Waals surface area contributed by atoms with Gasteiger partial charge in [-0.3, -0.25) is 4.98 Å². The maximum absolute atomic E-state index is 12.9. The van der Waals surface area contributed by atoms with Crippen molar-refractivity contribution in [1.82, 2.24) is 24.5 Å². The Hall–Kier alpha value is -3.56. The fraction of sp³-hybridized carbons (Fsp3) is 0.321. The molecule has 6 rings (SSSR count). The number of sulfone groups is 1. The Bertz CT molecular complexity index is 1700. The van der Waals surface area contributed by atoms with Crippen LogP contribution in [-0.4, -0.2) is 52.4 Å². The molecule has 0 saturated carbocycles. The maximum atomic E-state index is 12.9. The van der Waals surface area contributed by atoms with Crippen LogP contribution in [-0.2, 0) is 21.6 Å². The van der Waals surface area contributed by atoms with Gasteiger partial charge in [-0.15, -0.1) is 5.10 Å². The van der Waals surface area contributed by atoms with Crippen LogP contribution in [0, 0.1) is 12.8 Å². The molecule has 37 heavy (non-hydrogen) atoms. The highest BCUT2D eigenvalue weighted by atomic mass is 32.2. The summed E-state index contributed by atoms with van der Waals surface area (Å²) in [6.07, 6.45) is 4.90. The first-order valence-electron chi connectivity index (χ1n) is 12.5. The van der Waals surface area contributed by atoms with Gasteiger partial charge in [0.1, 0.15) is 0 Å². The lowest BCUT2D eigenvalue weighted by atomic mass is 9.86. The third-order valence-corrected chi connectivity index (χ3v) is 8.57. The van der Waals surface area contributed by atoms with Crippen molar-refractivity contribution < 1.29 is 13.2 Å². The van der Waals surface area contributed by atoms with Crippen molar-refractivity contribution in [3.8, 4) is 11.3 Å². The Morgan fingerprint density at radius 1 is 1.03 bits per heavy atom. The topological polar surface area (TPSA) is 91.9 Å². The van der Waals surface area contributed by atoms with Gasteiger partial charge < -0.3 is 9.30 Å². The van der Waals surface area contributed by atoms with E-state index >= 15 is 0 Å². The molecule has 4 heterocycles. The summed E-state index contributed by atoms with van der Waals surface area (Å²) in [5, 5.41) is 9.07. The summed E-state index contributed by atoms with van der Waals surface area (Å²) in [4.78, 5) is 5.18. The van der Waals surface area contributed by atoms with Crippen molar-refractivity contribution in [1.29, 1.82) is 0 Å². The van der Waals surface area contributed by atoms with Crippen LogP contribution in [0.25, 0.3) is 33.2 Å². The second kappa shape index (κ2) is 9.08. The van der Waals surface area contributed by atoms with E-state index in [2.05, 4.69) is 45.2 Å². The van der Waals surface area contributed by atoms with Crippen LogP contribution in [0.2, 0.25) is 0 Å². The van der Waals surface area contributed by atoms with Crippen LogP contribution in [0.3, 0.4) is 0 Å². The average Bonchev–Trinajstić information content (AvgIpc) is 3.41. The number of aryl methyl sites for hydroxylation is 2. The SMILES string of the molecule is Cc1nnn(C)c1-c1cnc2c3c(S(C)(=O)=O)cccc3n(C(c3ccccc3)C3CCOCC3)c2c1. The molecule has 190 valence electrons. The zero-order chi connectivity index (χ0) is 25.7. The molecule has 0 aliphatic carbocycles. The van der Waals surface area contributed by atoms with Crippen molar-refractivity contribution in [3.05, 3.63) is 72.1 Å². The highest BCUT2D eigenvalue weighted by molar-refractivity contribution is 7.91. The van der Waals surface area contributed by atoms with Crippen LogP contribution < -0.4 is 0 Å².